The lowest BCUT2D eigenvalue weighted by atomic mass is 9.84. The first-order valence-electron chi connectivity index (χ1n) is 11.1. The van der Waals surface area contributed by atoms with Crippen LogP contribution in [0.2, 0.25) is 0 Å². The third kappa shape index (κ3) is 3.88. The third-order valence-corrected chi connectivity index (χ3v) is 6.60. The van der Waals surface area contributed by atoms with Crippen LogP contribution in [0.5, 0.6) is 5.88 Å². The average molecular weight is 510 g/mol. The molecule has 3 aromatic heterocycles. The minimum atomic E-state index is -4.56. The van der Waals surface area contributed by atoms with E-state index in [0.29, 0.717) is 17.7 Å². The summed E-state index contributed by atoms with van der Waals surface area (Å²) in [6, 6.07) is 2.61. The Morgan fingerprint density at radius 2 is 2.00 bits per heavy atom. The van der Waals surface area contributed by atoms with Crippen molar-refractivity contribution < 1.29 is 26.7 Å². The van der Waals surface area contributed by atoms with Gasteiger partial charge in [0.05, 0.1) is 25.1 Å². The predicted octanol–water partition coefficient (Wildman–Crippen LogP) is 3.91. The van der Waals surface area contributed by atoms with Crippen LogP contribution in [-0.4, -0.2) is 73.8 Å². The lowest BCUT2D eigenvalue weighted by molar-refractivity contribution is -0.164. The van der Waals surface area contributed by atoms with E-state index in [2.05, 4.69) is 20.4 Å². The van der Waals surface area contributed by atoms with Crippen LogP contribution < -0.4 is 10.5 Å². The van der Waals surface area contributed by atoms with Crippen molar-refractivity contribution in [3.05, 3.63) is 30.0 Å². The molecule has 9 nitrogen and oxygen atoms in total. The topological polar surface area (TPSA) is 99.4 Å². The minimum absolute atomic E-state index is 0.0513. The van der Waals surface area contributed by atoms with Gasteiger partial charge >= 0.3 is 6.18 Å². The highest BCUT2D eigenvalue weighted by Crippen LogP contribution is 2.47. The molecule has 0 unspecified atom stereocenters. The highest BCUT2D eigenvalue weighted by molar-refractivity contribution is 5.92. The van der Waals surface area contributed by atoms with Crippen LogP contribution in [-0.2, 0) is 0 Å². The molecule has 1 saturated heterocycles. The summed E-state index contributed by atoms with van der Waals surface area (Å²) in [5.74, 6) is -4.32. The molecule has 2 N–H and O–H groups in total. The molecule has 36 heavy (non-hydrogen) atoms. The van der Waals surface area contributed by atoms with E-state index < -0.39 is 30.6 Å². The average Bonchev–Trinajstić information content (AvgIpc) is 3.37. The maximum atomic E-state index is 15.3. The molecule has 5 rings (SSSR count). The van der Waals surface area contributed by atoms with Crippen LogP contribution >= 0.6 is 0 Å². The number of halogens is 5. The second kappa shape index (κ2) is 8.25. The van der Waals surface area contributed by atoms with Gasteiger partial charge in [0.1, 0.15) is 17.1 Å². The van der Waals surface area contributed by atoms with Crippen LogP contribution in [0.15, 0.2) is 24.4 Å². The number of piperidine rings is 1. The molecule has 1 aromatic carbocycles. The molecule has 0 saturated carbocycles. The lowest BCUT2D eigenvalue weighted by Crippen LogP contribution is -2.45. The van der Waals surface area contributed by atoms with E-state index in [-0.39, 0.29) is 40.4 Å². The van der Waals surface area contributed by atoms with Crippen LogP contribution in [0.3, 0.4) is 0 Å². The van der Waals surface area contributed by atoms with Crippen molar-refractivity contribution in [2.45, 2.75) is 37.4 Å². The molecule has 4 aromatic rings. The molecule has 0 radical (unpaired) electrons. The van der Waals surface area contributed by atoms with Crippen molar-refractivity contribution in [1.82, 2.24) is 34.5 Å². The number of nitrogens with two attached hydrogens (primary N) is 1. The van der Waals surface area contributed by atoms with Gasteiger partial charge in [-0.1, -0.05) is 11.3 Å². The first-order valence-corrected chi connectivity index (χ1v) is 11.1. The smallest absolute Gasteiger partial charge is 0.410 e. The van der Waals surface area contributed by atoms with Gasteiger partial charge in [-0.15, -0.1) is 10.2 Å². The molecule has 2 atom stereocenters. The zero-order valence-corrected chi connectivity index (χ0v) is 19.6. The van der Waals surface area contributed by atoms with Gasteiger partial charge in [-0.2, -0.15) is 18.2 Å². The molecule has 14 heteroatoms. The van der Waals surface area contributed by atoms with Crippen LogP contribution in [0.4, 0.5) is 27.9 Å². The monoisotopic (exact) mass is 510 g/mol. The van der Waals surface area contributed by atoms with Crippen LogP contribution in [0.1, 0.15) is 30.9 Å². The maximum Gasteiger partial charge on any atom is 0.410 e. The number of methoxy groups -OCH3 is 1. The number of nitrogen functional groups attached to an aromatic ring is 1. The molecular formula is C22H23F5N8O. The van der Waals surface area contributed by atoms with E-state index in [1.54, 1.807) is 18.0 Å². The number of hydrogen-bond acceptors (Lipinski definition) is 7. The quantitative estimate of drug-likeness (QED) is 0.416. The fourth-order valence-corrected chi connectivity index (χ4v) is 4.80. The number of aromatic nitrogens is 6. The van der Waals surface area contributed by atoms with Gasteiger partial charge in [-0.25, -0.2) is 18.0 Å². The molecule has 0 spiro atoms. The molecule has 192 valence electrons. The second-order valence-electron chi connectivity index (χ2n) is 9.03. The fourth-order valence-electron chi connectivity index (χ4n) is 4.80. The first-order chi connectivity index (χ1) is 16.9. The summed E-state index contributed by atoms with van der Waals surface area (Å²) in [7, 11) is 2.98. The Kier molecular flexibility index (Phi) is 5.54. The van der Waals surface area contributed by atoms with E-state index >= 15 is 8.78 Å². The van der Waals surface area contributed by atoms with Crippen molar-refractivity contribution in [2.75, 3.05) is 33.0 Å². The molecule has 0 bridgehead atoms. The Bertz CT molecular complexity index is 1450. The van der Waals surface area contributed by atoms with E-state index in [9.17, 15) is 13.2 Å². The number of hydrogen-bond donors (Lipinski definition) is 1. The van der Waals surface area contributed by atoms with Crippen LogP contribution in [0, 0.1) is 0 Å². The highest BCUT2D eigenvalue weighted by Gasteiger charge is 2.46. The van der Waals surface area contributed by atoms with Gasteiger partial charge in [-0.3, -0.25) is 0 Å². The van der Waals surface area contributed by atoms with E-state index in [4.69, 9.17) is 10.5 Å². The largest absolute Gasteiger partial charge is 0.479 e. The summed E-state index contributed by atoms with van der Waals surface area (Å²) in [6.07, 6.45) is -2.94. The Labute approximate surface area is 201 Å². The molecule has 1 fully saturated rings. The molecule has 4 heterocycles. The Hall–Kier alpha value is -3.55. The van der Waals surface area contributed by atoms with Crippen molar-refractivity contribution >= 4 is 22.5 Å². The Balaban J connectivity index is 1.78. The third-order valence-electron chi connectivity index (χ3n) is 6.60. The summed E-state index contributed by atoms with van der Waals surface area (Å²) >= 11 is 0. The molecule has 0 aliphatic carbocycles. The van der Waals surface area contributed by atoms with Gasteiger partial charge in [0.15, 0.2) is 0 Å². The zero-order valence-electron chi connectivity index (χ0n) is 19.6. The number of nitrogens with zero attached hydrogens (tertiary/aromatic N) is 7. The van der Waals surface area contributed by atoms with Crippen LogP contribution in [0.25, 0.3) is 27.7 Å². The fraction of sp³-hybridized carbons (Fsp3) is 0.455. The lowest BCUT2D eigenvalue weighted by Gasteiger charge is -2.36. The SMILES string of the molecule is COc1nc(N)nn2cc([C@H]3CCN(C)CC3(F)F)c(-c3ccc4nnn([C@@H](C)C(F)(F)F)c4c3)c12. The number of alkyl halides is 5. The van der Waals surface area contributed by atoms with Crippen molar-refractivity contribution in [2.24, 2.45) is 0 Å². The summed E-state index contributed by atoms with van der Waals surface area (Å²) in [6.45, 7) is 0.974. The molecule has 1 aliphatic heterocycles. The van der Waals surface area contributed by atoms with Gasteiger partial charge in [-0.05, 0) is 50.2 Å². The molecule has 0 amide bonds. The van der Waals surface area contributed by atoms with Gasteiger partial charge in [0.2, 0.25) is 11.8 Å². The zero-order chi connectivity index (χ0) is 26.0. The van der Waals surface area contributed by atoms with E-state index in [1.165, 1.54) is 30.0 Å². The predicted molar refractivity (Wildman–Crippen MR) is 121 cm³/mol. The van der Waals surface area contributed by atoms with Crippen molar-refractivity contribution in [3.63, 3.8) is 0 Å². The van der Waals surface area contributed by atoms with Crippen molar-refractivity contribution in [3.8, 4) is 17.0 Å². The number of likely N-dealkylation sites (tertiary alicyclic amines) is 1. The summed E-state index contributed by atoms with van der Waals surface area (Å²) in [5, 5.41) is 11.7. The summed E-state index contributed by atoms with van der Waals surface area (Å²) in [5.41, 5.74) is 7.39. The normalized spacial score (nSPS) is 19.7. The van der Waals surface area contributed by atoms with E-state index in [1.807, 2.05) is 0 Å². The van der Waals surface area contributed by atoms with Gasteiger partial charge < -0.3 is 15.4 Å². The number of anilines is 1. The minimum Gasteiger partial charge on any atom is -0.479 e. The van der Waals surface area contributed by atoms with Gasteiger partial charge in [0, 0.05) is 11.8 Å². The summed E-state index contributed by atoms with van der Waals surface area (Å²) < 4.78 is 78.5. The highest BCUT2D eigenvalue weighted by atomic mass is 19.4. The first kappa shape index (κ1) is 24.2. The van der Waals surface area contributed by atoms with Crippen molar-refractivity contribution in [1.29, 1.82) is 0 Å². The number of benzene rings is 1. The standard InChI is InChI=1S/C22H23F5N8O/c1-11(22(25,26)27)35-16-8-12(4-5-15(16)30-32-35)17-13(14-6-7-33(2)10-21(14,23)24)9-34-18(17)19(36-3)29-20(28)31-34/h4-5,8-9,11,14H,6-7,10H2,1-3H3,(H2,28,31)/t11-,14+/m0/s1. The second-order valence-corrected chi connectivity index (χ2v) is 9.03. The summed E-state index contributed by atoms with van der Waals surface area (Å²) in [4.78, 5) is 5.65. The van der Waals surface area contributed by atoms with Gasteiger partial charge in [0.25, 0.3) is 5.92 Å². The van der Waals surface area contributed by atoms with E-state index in [0.717, 1.165) is 11.6 Å². The maximum absolute atomic E-state index is 15.3. The number of rotatable bonds is 4. The Morgan fingerprint density at radius 1 is 1.25 bits per heavy atom. The number of fused-ring (bicyclic) bond motifs is 2. The molecule has 1 aliphatic rings. The number of ether oxygens (including phenoxy) is 1. The molecular weight excluding hydrogens is 487 g/mol. The Morgan fingerprint density at radius 3 is 2.67 bits per heavy atom.